The monoisotopic (exact) mass is 327 g/mol. The van der Waals surface area contributed by atoms with Gasteiger partial charge >= 0.3 is 5.97 Å². The van der Waals surface area contributed by atoms with E-state index >= 15 is 0 Å². The third-order valence-corrected chi connectivity index (χ3v) is 3.91. The summed E-state index contributed by atoms with van der Waals surface area (Å²) in [5.74, 6) is -0.383. The van der Waals surface area contributed by atoms with E-state index in [1.807, 2.05) is 42.5 Å². The Morgan fingerprint density at radius 2 is 2.08 bits per heavy atom. The minimum absolute atomic E-state index is 0.337. The first-order chi connectivity index (χ1) is 11.5. The van der Waals surface area contributed by atoms with E-state index in [1.165, 1.54) is 5.56 Å². The molecule has 0 saturated heterocycles. The lowest BCUT2D eigenvalue weighted by Gasteiger charge is -2.19. The van der Waals surface area contributed by atoms with E-state index in [-0.39, 0.29) is 5.97 Å². The summed E-state index contributed by atoms with van der Waals surface area (Å²) in [7, 11) is 1.96. The molecule has 0 aliphatic carbocycles. The van der Waals surface area contributed by atoms with Crippen LogP contribution >= 0.6 is 0 Å². The smallest absolute Gasteiger partial charge is 0.358 e. The number of esters is 1. The van der Waals surface area contributed by atoms with E-state index < -0.39 is 0 Å². The molecular weight excluding hydrogens is 302 g/mol. The summed E-state index contributed by atoms with van der Waals surface area (Å²) >= 11 is 0. The van der Waals surface area contributed by atoms with Gasteiger partial charge in [0.15, 0.2) is 5.69 Å². The van der Waals surface area contributed by atoms with Gasteiger partial charge in [-0.25, -0.2) is 9.78 Å². The van der Waals surface area contributed by atoms with Crippen LogP contribution in [0.4, 0.5) is 0 Å². The van der Waals surface area contributed by atoms with E-state index in [0.717, 1.165) is 22.6 Å². The quantitative estimate of drug-likeness (QED) is 0.787. The Hall–Kier alpha value is -2.56. The summed E-state index contributed by atoms with van der Waals surface area (Å²) in [6.07, 6.45) is 1.68. The van der Waals surface area contributed by atoms with Crippen molar-refractivity contribution >= 4 is 11.7 Å². The Kier molecular flexibility index (Phi) is 5.44. The third-order valence-electron chi connectivity index (χ3n) is 3.91. The zero-order valence-corrected chi connectivity index (χ0v) is 15.1. The molecule has 0 amide bonds. The highest BCUT2D eigenvalue weighted by Crippen LogP contribution is 2.31. The lowest BCUT2D eigenvalue weighted by atomic mass is 10.1. The Bertz CT molecular complexity index is 762. The maximum atomic E-state index is 12.1. The molecule has 0 atom stereocenters. The van der Waals surface area contributed by atoms with Crippen LogP contribution in [0.15, 0.2) is 31.1 Å². The second kappa shape index (κ2) is 7.34. The molecule has 24 heavy (non-hydrogen) atoms. The van der Waals surface area contributed by atoms with Crippen molar-refractivity contribution in [2.24, 2.45) is 0 Å². The van der Waals surface area contributed by atoms with Gasteiger partial charge in [0.25, 0.3) is 0 Å². The SMILES string of the molecule is C=C1c2cc(C)ccc2-n2cnc(C(=O)OCC)c2CN1C.CC. The number of fused-ring (bicyclic) bond motifs is 3. The number of hydrogen-bond donors (Lipinski definition) is 0. The van der Waals surface area contributed by atoms with Gasteiger partial charge in [-0.1, -0.05) is 32.1 Å². The molecule has 2 heterocycles. The number of nitrogens with zero attached hydrogens (tertiary/aromatic N) is 3. The molecule has 1 aliphatic rings. The average Bonchev–Trinajstić information content (AvgIpc) is 2.95. The fourth-order valence-electron chi connectivity index (χ4n) is 2.72. The molecule has 1 aliphatic heterocycles. The predicted octanol–water partition coefficient (Wildman–Crippen LogP) is 3.80. The molecule has 1 aromatic heterocycles. The molecular formula is C19H25N3O2. The van der Waals surface area contributed by atoms with Crippen LogP contribution in [0.2, 0.25) is 0 Å². The van der Waals surface area contributed by atoms with Gasteiger partial charge in [-0.05, 0) is 26.0 Å². The van der Waals surface area contributed by atoms with Crippen molar-refractivity contribution in [2.45, 2.75) is 34.2 Å². The van der Waals surface area contributed by atoms with Crippen molar-refractivity contribution < 1.29 is 9.53 Å². The van der Waals surface area contributed by atoms with Gasteiger partial charge in [0, 0.05) is 18.3 Å². The number of ether oxygens (including phenoxy) is 1. The molecule has 0 saturated carbocycles. The van der Waals surface area contributed by atoms with Crippen LogP contribution in [0.1, 0.15) is 48.1 Å². The molecule has 128 valence electrons. The van der Waals surface area contributed by atoms with Crippen LogP contribution in [0.3, 0.4) is 0 Å². The van der Waals surface area contributed by atoms with Crippen molar-refractivity contribution in [1.82, 2.24) is 14.5 Å². The summed E-state index contributed by atoms with van der Waals surface area (Å²) in [5, 5.41) is 0. The number of benzene rings is 1. The highest BCUT2D eigenvalue weighted by atomic mass is 16.5. The van der Waals surface area contributed by atoms with E-state index in [4.69, 9.17) is 4.74 Å². The fourth-order valence-corrected chi connectivity index (χ4v) is 2.72. The molecule has 3 rings (SSSR count). The fraction of sp³-hybridized carbons (Fsp3) is 0.368. The Labute approximate surface area is 143 Å². The molecule has 0 bridgehead atoms. The number of aromatic nitrogens is 2. The van der Waals surface area contributed by atoms with Crippen LogP contribution in [0, 0.1) is 6.92 Å². The number of carbonyl (C=O) groups excluding carboxylic acids is 1. The van der Waals surface area contributed by atoms with E-state index in [0.29, 0.717) is 18.8 Å². The van der Waals surface area contributed by atoms with Crippen molar-refractivity contribution in [1.29, 1.82) is 0 Å². The van der Waals surface area contributed by atoms with Crippen LogP contribution in [0.5, 0.6) is 0 Å². The number of rotatable bonds is 2. The van der Waals surface area contributed by atoms with Crippen molar-refractivity contribution in [2.75, 3.05) is 13.7 Å². The zero-order valence-electron chi connectivity index (χ0n) is 15.1. The maximum absolute atomic E-state index is 12.1. The van der Waals surface area contributed by atoms with Gasteiger partial charge in [-0.3, -0.25) is 4.57 Å². The van der Waals surface area contributed by atoms with Gasteiger partial charge < -0.3 is 9.64 Å². The molecule has 0 unspecified atom stereocenters. The molecule has 0 radical (unpaired) electrons. The van der Waals surface area contributed by atoms with Gasteiger partial charge in [0.05, 0.1) is 24.5 Å². The van der Waals surface area contributed by atoms with Crippen molar-refractivity contribution in [3.05, 3.63) is 53.6 Å². The molecule has 2 aromatic rings. The Balaban J connectivity index is 0.00000100. The maximum Gasteiger partial charge on any atom is 0.358 e. The highest BCUT2D eigenvalue weighted by molar-refractivity contribution is 5.89. The summed E-state index contributed by atoms with van der Waals surface area (Å²) in [5.41, 5.74) is 5.33. The first-order valence-electron chi connectivity index (χ1n) is 8.27. The van der Waals surface area contributed by atoms with Crippen molar-refractivity contribution in [3.63, 3.8) is 0 Å². The minimum atomic E-state index is -0.383. The van der Waals surface area contributed by atoms with Crippen LogP contribution in [-0.2, 0) is 11.3 Å². The van der Waals surface area contributed by atoms with Gasteiger partial charge in [-0.15, -0.1) is 0 Å². The summed E-state index contributed by atoms with van der Waals surface area (Å²) < 4.78 is 7.06. The Morgan fingerprint density at radius 3 is 2.75 bits per heavy atom. The van der Waals surface area contributed by atoms with E-state index in [9.17, 15) is 4.79 Å². The van der Waals surface area contributed by atoms with Gasteiger partial charge in [0.2, 0.25) is 0 Å². The lowest BCUT2D eigenvalue weighted by molar-refractivity contribution is 0.0518. The lowest BCUT2D eigenvalue weighted by Crippen LogP contribution is -2.17. The number of carbonyl (C=O) groups is 1. The van der Waals surface area contributed by atoms with Crippen molar-refractivity contribution in [3.8, 4) is 5.69 Å². The van der Waals surface area contributed by atoms with E-state index in [2.05, 4.69) is 24.6 Å². The van der Waals surface area contributed by atoms with Crippen LogP contribution in [0.25, 0.3) is 11.4 Å². The van der Waals surface area contributed by atoms with E-state index in [1.54, 1.807) is 13.3 Å². The molecule has 0 fully saturated rings. The zero-order chi connectivity index (χ0) is 17.9. The van der Waals surface area contributed by atoms with Crippen LogP contribution < -0.4 is 0 Å². The first-order valence-corrected chi connectivity index (χ1v) is 8.27. The normalized spacial score (nSPS) is 12.5. The van der Waals surface area contributed by atoms with Gasteiger partial charge in [0.1, 0.15) is 6.33 Å². The summed E-state index contributed by atoms with van der Waals surface area (Å²) in [4.78, 5) is 18.4. The van der Waals surface area contributed by atoms with Crippen LogP contribution in [-0.4, -0.2) is 34.1 Å². The summed E-state index contributed by atoms with van der Waals surface area (Å²) in [6, 6.07) is 6.19. The van der Waals surface area contributed by atoms with Gasteiger partial charge in [-0.2, -0.15) is 0 Å². The highest BCUT2D eigenvalue weighted by Gasteiger charge is 2.26. The average molecular weight is 327 g/mol. The first kappa shape index (κ1) is 17.8. The molecule has 0 N–H and O–H groups in total. The third kappa shape index (κ3) is 3.07. The predicted molar refractivity (Wildman–Crippen MR) is 96.1 cm³/mol. The molecule has 1 aromatic carbocycles. The second-order valence-electron chi connectivity index (χ2n) is 5.45. The Morgan fingerprint density at radius 1 is 1.38 bits per heavy atom. The molecule has 5 nitrogen and oxygen atoms in total. The number of aryl methyl sites for hydroxylation is 1. The molecule has 0 spiro atoms. The standard InChI is InChI=1S/C17H19N3O2.C2H6/c1-5-22-17(21)16-15-9-19(4)12(3)13-8-11(2)6-7-14(13)20(15)10-18-16;1-2/h6-8,10H,3,5,9H2,1-2,4H3;1-2H3. The minimum Gasteiger partial charge on any atom is -0.461 e. The molecule has 5 heteroatoms. The topological polar surface area (TPSA) is 47.4 Å². The second-order valence-corrected chi connectivity index (χ2v) is 5.45. The number of imidazole rings is 1. The summed E-state index contributed by atoms with van der Waals surface area (Å²) in [6.45, 7) is 12.9. The number of hydrogen-bond acceptors (Lipinski definition) is 4. The largest absolute Gasteiger partial charge is 0.461 e.